The van der Waals surface area contributed by atoms with Crippen molar-refractivity contribution in [2.45, 2.75) is 78.6 Å². The van der Waals surface area contributed by atoms with Gasteiger partial charge in [0.2, 0.25) is 0 Å². The van der Waals surface area contributed by atoms with E-state index in [9.17, 15) is 0 Å². The molecular weight excluding hydrogens is 711 g/mol. The van der Waals surface area contributed by atoms with Crippen molar-refractivity contribution >= 4 is 16.5 Å². The van der Waals surface area contributed by atoms with Crippen LogP contribution in [0, 0.1) is 0 Å². The molecule has 4 rings (SSSR count). The minimum atomic E-state index is -1.49. The third kappa shape index (κ3) is 5.53. The molecule has 0 aromatic carbocycles. The first-order chi connectivity index (χ1) is 13.7. The van der Waals surface area contributed by atoms with Gasteiger partial charge in [-0.3, -0.25) is 0 Å². The zero-order valence-electron chi connectivity index (χ0n) is 20.4. The van der Waals surface area contributed by atoms with Gasteiger partial charge in [-0.05, 0) is 0 Å². The van der Waals surface area contributed by atoms with Crippen LogP contribution < -0.4 is 34.0 Å². The molecule has 0 unspecified atom stereocenters. The van der Waals surface area contributed by atoms with Crippen molar-refractivity contribution in [2.24, 2.45) is 0 Å². The molecule has 0 aromatic heterocycles. The summed E-state index contributed by atoms with van der Waals surface area (Å²) in [5, 5.41) is 3.78. The van der Waals surface area contributed by atoms with Gasteiger partial charge in [-0.1, -0.05) is 0 Å². The smallest absolute Gasteiger partial charge is 1.00 e. The van der Waals surface area contributed by atoms with E-state index in [1.54, 1.807) is 11.1 Å². The van der Waals surface area contributed by atoms with Crippen molar-refractivity contribution in [3.05, 3.63) is 40.4 Å². The molecule has 0 amide bonds. The molecular formula is C24H40Br2HfN2Si2. The third-order valence-corrected chi connectivity index (χ3v) is 23.1. The van der Waals surface area contributed by atoms with E-state index >= 15 is 0 Å². The van der Waals surface area contributed by atoms with Crippen LogP contribution >= 0.6 is 0 Å². The molecule has 2 fully saturated rings. The van der Waals surface area contributed by atoms with E-state index in [0.717, 1.165) is 0 Å². The monoisotopic (exact) mass is 750 g/mol. The van der Waals surface area contributed by atoms with Crippen molar-refractivity contribution in [3.63, 3.8) is 0 Å². The van der Waals surface area contributed by atoms with Crippen LogP contribution in [0.3, 0.4) is 0 Å². The fraction of sp³-hybridized carbons (Fsp3) is 0.667. The molecule has 2 heterocycles. The summed E-state index contributed by atoms with van der Waals surface area (Å²) >= 11 is -0.966. The second-order valence-corrected chi connectivity index (χ2v) is 24.3. The van der Waals surface area contributed by atoms with E-state index in [4.69, 9.17) is 0 Å². The molecule has 0 radical (unpaired) electrons. The minimum absolute atomic E-state index is 0. The second-order valence-electron chi connectivity index (χ2n) is 10.5. The normalized spacial score (nSPS) is 23.0. The van der Waals surface area contributed by atoms with E-state index in [1.807, 2.05) is 17.1 Å². The number of allylic oxidation sites excluding steroid dienone is 8. The molecule has 31 heavy (non-hydrogen) atoms. The number of hydrogen-bond donors (Lipinski definition) is 0. The Hall–Kier alpha value is 1.14. The average molecular weight is 751 g/mol. The quantitative estimate of drug-likeness (QED) is 0.353. The number of nitrogens with zero attached hydrogens (tertiary/aromatic N) is 2. The molecule has 4 aliphatic rings. The fourth-order valence-electron chi connectivity index (χ4n) is 6.38. The topological polar surface area (TPSA) is 6.48 Å². The summed E-state index contributed by atoms with van der Waals surface area (Å²) in [6.45, 7) is 20.8. The van der Waals surface area contributed by atoms with Crippen molar-refractivity contribution in [1.29, 1.82) is 0 Å². The second kappa shape index (κ2) is 11.3. The van der Waals surface area contributed by atoms with Gasteiger partial charge in [0, 0.05) is 0 Å². The molecule has 2 saturated heterocycles. The molecule has 0 aromatic rings. The molecule has 0 N–H and O–H groups in total. The van der Waals surface area contributed by atoms with E-state index < -0.39 is 39.4 Å². The Bertz CT molecular complexity index is 736. The van der Waals surface area contributed by atoms with Gasteiger partial charge in [0.05, 0.1) is 0 Å². The maximum atomic E-state index is 2.91. The predicted octanol–water partition coefficient (Wildman–Crippen LogP) is -0.0347. The Labute approximate surface area is 225 Å². The van der Waals surface area contributed by atoms with Crippen molar-refractivity contribution < 1.29 is 56.9 Å². The maximum absolute atomic E-state index is 2.91. The molecule has 172 valence electrons. The van der Waals surface area contributed by atoms with Gasteiger partial charge in [-0.15, -0.1) is 0 Å². The Morgan fingerprint density at radius 3 is 1.29 bits per heavy atom. The largest absolute Gasteiger partial charge is 1.00 e. The first-order valence-electron chi connectivity index (χ1n) is 11.8. The summed E-state index contributed by atoms with van der Waals surface area (Å²) in [5.41, 5.74) is 3.30. The molecule has 7 heteroatoms. The van der Waals surface area contributed by atoms with E-state index in [1.165, 1.54) is 64.7 Å². The Kier molecular flexibility index (Phi) is 10.3. The van der Waals surface area contributed by atoms with Crippen LogP contribution in [0.15, 0.2) is 40.4 Å². The van der Waals surface area contributed by atoms with Gasteiger partial charge in [-0.25, -0.2) is 0 Å². The summed E-state index contributed by atoms with van der Waals surface area (Å²) < 4.78 is 9.75. The van der Waals surface area contributed by atoms with Crippen LogP contribution in [0.4, 0.5) is 0 Å². The van der Waals surface area contributed by atoms with Crippen LogP contribution in [0.2, 0.25) is 26.2 Å². The van der Waals surface area contributed by atoms with Gasteiger partial charge in [0.1, 0.15) is 0 Å². The van der Waals surface area contributed by atoms with E-state index in [0.29, 0.717) is 0 Å². The molecule has 0 saturated carbocycles. The van der Waals surface area contributed by atoms with Gasteiger partial charge in [0.25, 0.3) is 0 Å². The summed E-state index contributed by atoms with van der Waals surface area (Å²) in [7, 11) is -2.98. The van der Waals surface area contributed by atoms with Gasteiger partial charge < -0.3 is 34.0 Å². The number of hydrogen-bond acceptors (Lipinski definition) is 2. The van der Waals surface area contributed by atoms with Gasteiger partial charge >= 0.3 is 194 Å². The molecule has 0 atom stereocenters. The molecule has 0 spiro atoms. The van der Waals surface area contributed by atoms with E-state index in [2.05, 4.69) is 61.3 Å². The van der Waals surface area contributed by atoms with Crippen LogP contribution in [0.1, 0.15) is 52.4 Å². The van der Waals surface area contributed by atoms with Crippen LogP contribution in [0.25, 0.3) is 0 Å². The first kappa shape index (κ1) is 28.4. The molecule has 2 aliphatic heterocycles. The molecule has 0 bridgehead atoms. The summed E-state index contributed by atoms with van der Waals surface area (Å²) in [4.78, 5) is 0. The Balaban J connectivity index is 0.00000171. The molecule has 2 nitrogen and oxygen atoms in total. The van der Waals surface area contributed by atoms with Gasteiger partial charge in [0.15, 0.2) is 0 Å². The van der Waals surface area contributed by atoms with Crippen molar-refractivity contribution in [2.75, 3.05) is 26.2 Å². The zero-order valence-corrected chi connectivity index (χ0v) is 29.1. The standard InChI is InChI=1S/2C12H20NSi.2BrH.Hf/c2*1-11-7-6-8-12(11)14(2,3)13-9-4-5-10-13;;;/h2*7H,4-6,9-10H2,1-3H3;2*1H;/q;;;;+2/p-2. The molecule has 2 aliphatic carbocycles. The average Bonchev–Trinajstić information content (AvgIpc) is 3.43. The number of rotatable bonds is 6. The van der Waals surface area contributed by atoms with Crippen molar-refractivity contribution in [1.82, 2.24) is 9.13 Å². The van der Waals surface area contributed by atoms with Crippen LogP contribution in [-0.2, 0) is 22.9 Å². The fourth-order valence-corrected chi connectivity index (χ4v) is 26.4. The summed E-state index contributed by atoms with van der Waals surface area (Å²) in [5.74, 6) is 0. The summed E-state index contributed by atoms with van der Waals surface area (Å²) in [6.07, 6.45) is 13.4. The van der Waals surface area contributed by atoms with Gasteiger partial charge in [-0.2, -0.15) is 0 Å². The SMILES string of the molecule is CC1=CC[C]([Hf+2][C]2=C([Si](C)(C)N3CCCC3)C(C)=CC2)=C1[Si](C)(C)N1CCCC1.[Br-].[Br-]. The van der Waals surface area contributed by atoms with Crippen LogP contribution in [-0.4, -0.2) is 51.8 Å². The third-order valence-electron chi connectivity index (χ3n) is 7.94. The van der Waals surface area contributed by atoms with Crippen LogP contribution in [0.5, 0.6) is 0 Å². The van der Waals surface area contributed by atoms with Crippen molar-refractivity contribution in [3.8, 4) is 0 Å². The summed E-state index contributed by atoms with van der Waals surface area (Å²) in [6, 6.07) is 0. The number of halogens is 2. The Morgan fingerprint density at radius 1 is 0.645 bits per heavy atom. The zero-order chi connectivity index (χ0) is 20.8. The Morgan fingerprint density at radius 2 is 0.968 bits per heavy atom. The maximum Gasteiger partial charge on any atom is -1.00 e. The first-order valence-corrected chi connectivity index (χ1v) is 21.3. The predicted molar refractivity (Wildman–Crippen MR) is 127 cm³/mol. The van der Waals surface area contributed by atoms with E-state index in [-0.39, 0.29) is 34.0 Å². The minimum Gasteiger partial charge on any atom is -1.00 e.